The van der Waals surface area contributed by atoms with E-state index in [4.69, 9.17) is 4.74 Å². The maximum Gasteiger partial charge on any atom is 0.253 e. The predicted molar refractivity (Wildman–Crippen MR) is 89.9 cm³/mol. The van der Waals surface area contributed by atoms with Gasteiger partial charge in [-0.05, 0) is 36.4 Å². The first-order chi connectivity index (χ1) is 11.1. The van der Waals surface area contributed by atoms with Crippen LogP contribution in [0.25, 0.3) is 0 Å². The van der Waals surface area contributed by atoms with Gasteiger partial charge in [0.05, 0.1) is 19.2 Å². The third-order valence-electron chi connectivity index (χ3n) is 3.21. The molecule has 0 radical (unpaired) electrons. The second kappa shape index (κ2) is 7.84. The zero-order chi connectivity index (χ0) is 16.7. The smallest absolute Gasteiger partial charge is 0.253 e. The van der Waals surface area contributed by atoms with Crippen LogP contribution in [0.2, 0.25) is 0 Å². The van der Waals surface area contributed by atoms with Gasteiger partial charge in [0.2, 0.25) is 5.91 Å². The maximum absolute atomic E-state index is 12.0. The van der Waals surface area contributed by atoms with Crippen molar-refractivity contribution in [1.82, 2.24) is 5.32 Å². The summed E-state index contributed by atoms with van der Waals surface area (Å²) in [5, 5.41) is 8.31. The van der Waals surface area contributed by atoms with Gasteiger partial charge in [0, 0.05) is 18.4 Å². The van der Waals surface area contributed by atoms with E-state index in [0.29, 0.717) is 16.9 Å². The lowest BCUT2D eigenvalue weighted by Gasteiger charge is -2.11. The SMILES string of the molecule is CNC(=O)c1ccccc1NCC(=O)Nc1ccc(OC)cc1. The third-order valence-corrected chi connectivity index (χ3v) is 3.21. The Labute approximate surface area is 134 Å². The molecular weight excluding hydrogens is 294 g/mol. The van der Waals surface area contributed by atoms with Crippen molar-refractivity contribution in [3.63, 3.8) is 0 Å². The summed E-state index contributed by atoms with van der Waals surface area (Å²) in [6.45, 7) is 0.0556. The summed E-state index contributed by atoms with van der Waals surface area (Å²) >= 11 is 0. The van der Waals surface area contributed by atoms with Crippen LogP contribution in [0.15, 0.2) is 48.5 Å². The van der Waals surface area contributed by atoms with Crippen molar-refractivity contribution in [3.8, 4) is 5.75 Å². The van der Waals surface area contributed by atoms with Crippen LogP contribution in [0.5, 0.6) is 5.75 Å². The molecule has 2 amide bonds. The highest BCUT2D eigenvalue weighted by Crippen LogP contribution is 2.16. The van der Waals surface area contributed by atoms with Crippen molar-refractivity contribution in [2.75, 3.05) is 31.3 Å². The Kier molecular flexibility index (Phi) is 5.57. The molecule has 2 aromatic carbocycles. The molecule has 2 rings (SSSR count). The number of anilines is 2. The molecule has 0 bridgehead atoms. The number of methoxy groups -OCH3 is 1. The van der Waals surface area contributed by atoms with Crippen molar-refractivity contribution in [2.45, 2.75) is 0 Å². The van der Waals surface area contributed by atoms with Gasteiger partial charge in [-0.1, -0.05) is 12.1 Å². The van der Waals surface area contributed by atoms with Crippen molar-refractivity contribution in [1.29, 1.82) is 0 Å². The number of para-hydroxylation sites is 1. The van der Waals surface area contributed by atoms with Crippen LogP contribution in [0.1, 0.15) is 10.4 Å². The molecule has 0 heterocycles. The van der Waals surface area contributed by atoms with Crippen LogP contribution in [-0.4, -0.2) is 32.5 Å². The van der Waals surface area contributed by atoms with E-state index in [1.165, 1.54) is 0 Å². The number of rotatable bonds is 6. The van der Waals surface area contributed by atoms with Crippen LogP contribution in [-0.2, 0) is 4.79 Å². The number of hydrogen-bond donors (Lipinski definition) is 3. The largest absolute Gasteiger partial charge is 0.497 e. The summed E-state index contributed by atoms with van der Waals surface area (Å²) < 4.78 is 5.06. The Hall–Kier alpha value is -3.02. The van der Waals surface area contributed by atoms with Crippen LogP contribution in [0.4, 0.5) is 11.4 Å². The maximum atomic E-state index is 12.0. The van der Waals surface area contributed by atoms with E-state index in [0.717, 1.165) is 5.75 Å². The molecule has 2 aromatic rings. The third kappa shape index (κ3) is 4.47. The van der Waals surface area contributed by atoms with Crippen molar-refractivity contribution in [2.24, 2.45) is 0 Å². The Morgan fingerprint density at radius 1 is 1.04 bits per heavy atom. The second-order valence-corrected chi connectivity index (χ2v) is 4.75. The fourth-order valence-corrected chi connectivity index (χ4v) is 2.02. The molecule has 120 valence electrons. The first kappa shape index (κ1) is 16.4. The highest BCUT2D eigenvalue weighted by Gasteiger charge is 2.10. The van der Waals surface area contributed by atoms with E-state index < -0.39 is 0 Å². The van der Waals surface area contributed by atoms with E-state index >= 15 is 0 Å². The van der Waals surface area contributed by atoms with Gasteiger partial charge >= 0.3 is 0 Å². The summed E-state index contributed by atoms with van der Waals surface area (Å²) in [4.78, 5) is 23.8. The van der Waals surface area contributed by atoms with E-state index in [1.54, 1.807) is 62.7 Å². The molecule has 0 atom stereocenters. The fraction of sp³-hybridized carbons (Fsp3) is 0.176. The molecule has 0 saturated heterocycles. The second-order valence-electron chi connectivity index (χ2n) is 4.75. The first-order valence-corrected chi connectivity index (χ1v) is 7.13. The Morgan fingerprint density at radius 2 is 1.74 bits per heavy atom. The van der Waals surface area contributed by atoms with Gasteiger partial charge in [-0.15, -0.1) is 0 Å². The molecule has 0 aromatic heterocycles. The molecule has 6 nitrogen and oxygen atoms in total. The van der Waals surface area contributed by atoms with E-state index in [1.807, 2.05) is 0 Å². The molecule has 0 aliphatic rings. The van der Waals surface area contributed by atoms with Gasteiger partial charge in [-0.2, -0.15) is 0 Å². The normalized spacial score (nSPS) is 9.83. The number of nitrogens with one attached hydrogen (secondary N) is 3. The summed E-state index contributed by atoms with van der Waals surface area (Å²) in [5.74, 6) is 0.311. The molecule has 0 aliphatic heterocycles. The lowest BCUT2D eigenvalue weighted by molar-refractivity contribution is -0.114. The van der Waals surface area contributed by atoms with Gasteiger partial charge < -0.3 is 20.7 Å². The molecule has 6 heteroatoms. The molecule has 0 saturated carbocycles. The molecule has 23 heavy (non-hydrogen) atoms. The highest BCUT2D eigenvalue weighted by atomic mass is 16.5. The van der Waals surface area contributed by atoms with E-state index in [-0.39, 0.29) is 18.4 Å². The van der Waals surface area contributed by atoms with Crippen LogP contribution < -0.4 is 20.7 Å². The van der Waals surface area contributed by atoms with Gasteiger partial charge in [0.1, 0.15) is 5.75 Å². The monoisotopic (exact) mass is 313 g/mol. The molecule has 0 spiro atoms. The number of hydrogen-bond acceptors (Lipinski definition) is 4. The van der Waals surface area contributed by atoms with E-state index in [2.05, 4.69) is 16.0 Å². The number of amides is 2. The number of carbonyl (C=O) groups excluding carboxylic acids is 2. The topological polar surface area (TPSA) is 79.5 Å². The van der Waals surface area contributed by atoms with Crippen molar-refractivity contribution >= 4 is 23.2 Å². The summed E-state index contributed by atoms with van der Waals surface area (Å²) in [5.41, 5.74) is 1.78. The molecule has 0 fully saturated rings. The average Bonchev–Trinajstić information content (AvgIpc) is 2.60. The minimum atomic E-state index is -0.207. The first-order valence-electron chi connectivity index (χ1n) is 7.13. The van der Waals surface area contributed by atoms with Crippen LogP contribution in [0.3, 0.4) is 0 Å². The van der Waals surface area contributed by atoms with Gasteiger partial charge in [-0.3, -0.25) is 9.59 Å². The Morgan fingerprint density at radius 3 is 2.39 bits per heavy atom. The van der Waals surface area contributed by atoms with Crippen LogP contribution in [0, 0.1) is 0 Å². The van der Waals surface area contributed by atoms with Crippen LogP contribution >= 0.6 is 0 Å². The Balaban J connectivity index is 1.95. The lowest BCUT2D eigenvalue weighted by Crippen LogP contribution is -2.24. The number of carbonyl (C=O) groups is 2. The highest BCUT2D eigenvalue weighted by molar-refractivity contribution is 6.00. The zero-order valence-electron chi connectivity index (χ0n) is 13.1. The minimum absolute atomic E-state index is 0.0556. The zero-order valence-corrected chi connectivity index (χ0v) is 13.1. The van der Waals surface area contributed by atoms with Gasteiger partial charge in [-0.25, -0.2) is 0 Å². The summed E-state index contributed by atoms with van der Waals surface area (Å²) in [6.07, 6.45) is 0. The predicted octanol–water partition coefficient (Wildman–Crippen LogP) is 2.11. The fourth-order valence-electron chi connectivity index (χ4n) is 2.02. The summed E-state index contributed by atoms with van der Waals surface area (Å²) in [7, 11) is 3.15. The van der Waals surface area contributed by atoms with Gasteiger partial charge in [0.15, 0.2) is 0 Å². The van der Waals surface area contributed by atoms with E-state index in [9.17, 15) is 9.59 Å². The number of ether oxygens (including phenoxy) is 1. The molecule has 3 N–H and O–H groups in total. The molecule has 0 unspecified atom stereocenters. The Bertz CT molecular complexity index is 684. The summed E-state index contributed by atoms with van der Waals surface area (Å²) in [6, 6.07) is 14.1. The molecule has 0 aliphatic carbocycles. The quantitative estimate of drug-likeness (QED) is 0.763. The van der Waals surface area contributed by atoms with Crippen molar-refractivity contribution in [3.05, 3.63) is 54.1 Å². The minimum Gasteiger partial charge on any atom is -0.497 e. The lowest BCUT2D eigenvalue weighted by atomic mass is 10.1. The number of benzene rings is 2. The van der Waals surface area contributed by atoms with Crippen molar-refractivity contribution < 1.29 is 14.3 Å². The van der Waals surface area contributed by atoms with Gasteiger partial charge in [0.25, 0.3) is 5.91 Å². The average molecular weight is 313 g/mol. The molecular formula is C17H19N3O3. The standard InChI is InChI=1S/C17H19N3O3/c1-18-17(22)14-5-3-4-6-15(14)19-11-16(21)20-12-7-9-13(23-2)10-8-12/h3-10,19H,11H2,1-2H3,(H,18,22)(H,20,21).